The predicted molar refractivity (Wildman–Crippen MR) is 195 cm³/mol. The van der Waals surface area contributed by atoms with Crippen molar-refractivity contribution in [2.75, 3.05) is 10.8 Å². The van der Waals surface area contributed by atoms with Crippen molar-refractivity contribution in [2.24, 2.45) is 0 Å². The Hall–Kier alpha value is -3.95. The Morgan fingerprint density at radius 3 is 2.17 bits per heavy atom. The summed E-state index contributed by atoms with van der Waals surface area (Å²) in [5, 5.41) is 3.26. The van der Waals surface area contributed by atoms with Gasteiger partial charge in [-0.3, -0.25) is 13.9 Å². The maximum Gasteiger partial charge on any atom is 0.264 e. The van der Waals surface area contributed by atoms with Crippen molar-refractivity contribution in [1.29, 1.82) is 0 Å². The highest BCUT2D eigenvalue weighted by molar-refractivity contribution is 9.10. The zero-order chi connectivity index (χ0) is 34.3. The highest BCUT2D eigenvalue weighted by Crippen LogP contribution is 2.28. The molecule has 1 saturated carbocycles. The molecule has 7 nitrogen and oxygen atoms in total. The van der Waals surface area contributed by atoms with E-state index in [1.165, 1.54) is 4.31 Å². The van der Waals surface area contributed by atoms with Gasteiger partial charge in [-0.1, -0.05) is 101 Å². The molecule has 48 heavy (non-hydrogen) atoms. The van der Waals surface area contributed by atoms with Gasteiger partial charge in [0.25, 0.3) is 10.0 Å². The fourth-order valence-electron chi connectivity index (χ4n) is 6.18. The maximum absolute atomic E-state index is 14.8. The third-order valence-electron chi connectivity index (χ3n) is 9.13. The molecule has 0 radical (unpaired) electrons. The zero-order valence-corrected chi connectivity index (χ0v) is 30.3. The van der Waals surface area contributed by atoms with Gasteiger partial charge in [-0.05, 0) is 92.3 Å². The van der Waals surface area contributed by atoms with Crippen molar-refractivity contribution in [2.45, 2.75) is 82.8 Å². The molecule has 2 amide bonds. The Kier molecular flexibility index (Phi) is 11.8. The van der Waals surface area contributed by atoms with Gasteiger partial charge < -0.3 is 10.2 Å². The first-order chi connectivity index (χ1) is 23.0. The Morgan fingerprint density at radius 1 is 0.812 bits per heavy atom. The number of anilines is 1. The smallest absolute Gasteiger partial charge is 0.264 e. The van der Waals surface area contributed by atoms with E-state index in [0.29, 0.717) is 5.69 Å². The van der Waals surface area contributed by atoms with E-state index in [0.717, 1.165) is 64.4 Å². The molecular weight excluding hydrogens is 686 g/mol. The zero-order valence-electron chi connectivity index (χ0n) is 27.9. The van der Waals surface area contributed by atoms with Crippen molar-refractivity contribution >= 4 is 43.5 Å². The third kappa shape index (κ3) is 8.94. The molecule has 4 aromatic carbocycles. The number of carbonyl (C=O) groups excluding carboxylic acids is 2. The van der Waals surface area contributed by atoms with Crippen LogP contribution in [0.5, 0.6) is 0 Å². The van der Waals surface area contributed by atoms with Crippen molar-refractivity contribution < 1.29 is 18.0 Å². The Bertz CT molecular complexity index is 1820. The van der Waals surface area contributed by atoms with Gasteiger partial charge in [0.15, 0.2) is 0 Å². The summed E-state index contributed by atoms with van der Waals surface area (Å²) in [6.45, 7) is 5.42. The average Bonchev–Trinajstić information content (AvgIpc) is 3.07. The first-order valence-corrected chi connectivity index (χ1v) is 18.8. The number of halogens is 1. The van der Waals surface area contributed by atoms with Gasteiger partial charge in [0, 0.05) is 23.5 Å². The highest BCUT2D eigenvalue weighted by Gasteiger charge is 2.35. The fraction of sp³-hybridized carbons (Fsp3) is 0.333. The van der Waals surface area contributed by atoms with E-state index < -0.39 is 28.5 Å². The molecule has 252 valence electrons. The quantitative estimate of drug-likeness (QED) is 0.162. The summed E-state index contributed by atoms with van der Waals surface area (Å²) in [6.07, 6.45) is 5.34. The van der Waals surface area contributed by atoms with Crippen molar-refractivity contribution in [3.8, 4) is 0 Å². The summed E-state index contributed by atoms with van der Waals surface area (Å²) in [5.74, 6) is -0.697. The molecule has 1 N–H and O–H groups in total. The number of nitrogens with one attached hydrogen (secondary N) is 1. The first kappa shape index (κ1) is 35.4. The topological polar surface area (TPSA) is 86.8 Å². The van der Waals surface area contributed by atoms with E-state index in [1.807, 2.05) is 81.4 Å². The maximum atomic E-state index is 14.8. The molecular formula is C39H44BrN3O4S. The number of hydrogen-bond acceptors (Lipinski definition) is 4. The fourth-order valence-corrected chi connectivity index (χ4v) is 8.03. The van der Waals surface area contributed by atoms with E-state index in [2.05, 4.69) is 21.2 Å². The van der Waals surface area contributed by atoms with Crippen LogP contribution in [0.15, 0.2) is 106 Å². The lowest BCUT2D eigenvalue weighted by atomic mass is 9.94. The minimum absolute atomic E-state index is 0.0429. The third-order valence-corrected chi connectivity index (χ3v) is 11.4. The summed E-state index contributed by atoms with van der Waals surface area (Å²) in [4.78, 5) is 30.7. The molecule has 0 bridgehead atoms. The molecule has 0 heterocycles. The Labute approximate surface area is 293 Å². The summed E-state index contributed by atoms with van der Waals surface area (Å²) in [5.41, 5.74) is 4.96. The molecule has 0 saturated heterocycles. The molecule has 1 aliphatic carbocycles. The lowest BCUT2D eigenvalue weighted by Crippen LogP contribution is -2.55. The molecule has 0 aromatic heterocycles. The van der Waals surface area contributed by atoms with Crippen LogP contribution in [-0.4, -0.2) is 43.8 Å². The van der Waals surface area contributed by atoms with Crippen LogP contribution in [0, 0.1) is 20.8 Å². The average molecular weight is 731 g/mol. The van der Waals surface area contributed by atoms with E-state index in [1.54, 1.807) is 41.3 Å². The molecule has 5 rings (SSSR count). The van der Waals surface area contributed by atoms with E-state index >= 15 is 0 Å². The molecule has 0 spiro atoms. The summed E-state index contributed by atoms with van der Waals surface area (Å²) < 4.78 is 30.7. The molecule has 0 aliphatic heterocycles. The Morgan fingerprint density at radius 2 is 1.50 bits per heavy atom. The van der Waals surface area contributed by atoms with E-state index in [4.69, 9.17) is 0 Å². The summed E-state index contributed by atoms with van der Waals surface area (Å²) in [7, 11) is -4.16. The molecule has 1 aliphatic rings. The van der Waals surface area contributed by atoms with Crippen molar-refractivity contribution in [3.63, 3.8) is 0 Å². The lowest BCUT2D eigenvalue weighted by Gasteiger charge is -2.35. The highest BCUT2D eigenvalue weighted by atomic mass is 79.9. The monoisotopic (exact) mass is 729 g/mol. The van der Waals surface area contributed by atoms with E-state index in [-0.39, 0.29) is 29.8 Å². The van der Waals surface area contributed by atoms with Gasteiger partial charge in [-0.2, -0.15) is 0 Å². The number of carbonyl (C=O) groups is 2. The first-order valence-electron chi connectivity index (χ1n) is 16.6. The van der Waals surface area contributed by atoms with Crippen LogP contribution in [-0.2, 0) is 32.6 Å². The number of amides is 2. The van der Waals surface area contributed by atoms with Gasteiger partial charge in [-0.25, -0.2) is 8.42 Å². The van der Waals surface area contributed by atoms with Crippen LogP contribution in [0.3, 0.4) is 0 Å². The van der Waals surface area contributed by atoms with Crippen molar-refractivity contribution in [1.82, 2.24) is 10.2 Å². The van der Waals surface area contributed by atoms with Gasteiger partial charge in [-0.15, -0.1) is 0 Å². The predicted octanol–water partition coefficient (Wildman–Crippen LogP) is 7.66. The van der Waals surface area contributed by atoms with Gasteiger partial charge in [0.05, 0.1) is 10.6 Å². The lowest BCUT2D eigenvalue weighted by molar-refractivity contribution is -0.140. The molecule has 9 heteroatoms. The van der Waals surface area contributed by atoms with Gasteiger partial charge in [0.2, 0.25) is 11.8 Å². The second kappa shape index (κ2) is 16.0. The molecule has 4 aromatic rings. The molecule has 1 fully saturated rings. The number of benzene rings is 4. The van der Waals surface area contributed by atoms with Gasteiger partial charge >= 0.3 is 0 Å². The number of hydrogen-bond donors (Lipinski definition) is 1. The largest absolute Gasteiger partial charge is 0.352 e. The summed E-state index contributed by atoms with van der Waals surface area (Å²) >= 11 is 3.54. The molecule has 1 atom stereocenters. The van der Waals surface area contributed by atoms with Crippen LogP contribution >= 0.6 is 15.9 Å². The number of nitrogens with zero attached hydrogens (tertiary/aromatic N) is 2. The minimum atomic E-state index is -4.16. The Balaban J connectivity index is 1.58. The normalized spacial score (nSPS) is 14.2. The van der Waals surface area contributed by atoms with Gasteiger partial charge in [0.1, 0.15) is 12.6 Å². The van der Waals surface area contributed by atoms with Crippen LogP contribution in [0.4, 0.5) is 5.69 Å². The molecule has 0 unspecified atom stereocenters. The summed E-state index contributed by atoms with van der Waals surface area (Å²) in [6, 6.07) is 28.5. The van der Waals surface area contributed by atoms with Crippen LogP contribution < -0.4 is 9.62 Å². The number of sulfonamides is 1. The second-order valence-corrected chi connectivity index (χ2v) is 15.6. The SMILES string of the molecule is Cc1ccc(S(=O)(=O)N(CC(=O)N(Cc2cccc(Br)c2)[C@@H](Cc2ccccc2)C(=O)NC2CCCCC2)c2ccc(C)c(C)c2)cc1. The van der Waals surface area contributed by atoms with E-state index in [9.17, 15) is 18.0 Å². The minimum Gasteiger partial charge on any atom is -0.352 e. The standard InChI is InChI=1S/C39H44BrN3O4S/c1-28-17-21-36(22-18-28)48(46,47)43(35-20-19-29(2)30(3)23-35)27-38(44)42(26-32-13-10-14-33(40)24-32)37(25-31-11-6-4-7-12-31)39(45)41-34-15-8-5-9-16-34/h4,6-7,10-14,17-24,34,37H,5,8-9,15-16,25-27H2,1-3H3,(H,41,45)/t37-/m0/s1. The number of aryl methyl sites for hydroxylation is 3. The van der Waals surface area contributed by atoms with Crippen LogP contribution in [0.2, 0.25) is 0 Å². The number of rotatable bonds is 12. The van der Waals surface area contributed by atoms with Crippen LogP contribution in [0.1, 0.15) is 59.9 Å². The van der Waals surface area contributed by atoms with Crippen LogP contribution in [0.25, 0.3) is 0 Å². The van der Waals surface area contributed by atoms with Crippen molar-refractivity contribution in [3.05, 3.63) is 129 Å². The second-order valence-electron chi connectivity index (χ2n) is 12.8.